The van der Waals surface area contributed by atoms with E-state index in [9.17, 15) is 4.79 Å². The molecule has 1 aromatic carbocycles. The molecule has 0 aromatic heterocycles. The van der Waals surface area contributed by atoms with Crippen molar-refractivity contribution in [1.82, 2.24) is 0 Å². The molecule has 1 N–H and O–H groups in total. The van der Waals surface area contributed by atoms with Gasteiger partial charge in [0.15, 0.2) is 0 Å². The molecule has 0 atom stereocenters. The van der Waals surface area contributed by atoms with E-state index < -0.39 is 0 Å². The Bertz CT molecular complexity index is 543. The summed E-state index contributed by atoms with van der Waals surface area (Å²) >= 11 is 1.57. The molecule has 0 saturated carbocycles. The first kappa shape index (κ1) is 12.7. The van der Waals surface area contributed by atoms with E-state index in [4.69, 9.17) is 0 Å². The fraction of sp³-hybridized carbons (Fsp3) is 0.133. The van der Waals surface area contributed by atoms with Crippen LogP contribution >= 0.6 is 11.8 Å². The number of thioether (sulfide) groups is 1. The quantitative estimate of drug-likeness (QED) is 0.881. The lowest BCUT2D eigenvalue weighted by molar-refractivity contribution is -0.112. The minimum Gasteiger partial charge on any atom is -0.321 e. The van der Waals surface area contributed by atoms with Gasteiger partial charge in [0.05, 0.1) is 11.3 Å². The van der Waals surface area contributed by atoms with E-state index in [2.05, 4.69) is 11.9 Å². The maximum Gasteiger partial charge on any atom is 0.256 e. The second-order valence-corrected chi connectivity index (χ2v) is 4.93. The van der Waals surface area contributed by atoms with Crippen molar-refractivity contribution in [3.8, 4) is 0 Å². The number of anilines is 1. The van der Waals surface area contributed by atoms with Gasteiger partial charge in [0.2, 0.25) is 0 Å². The van der Waals surface area contributed by atoms with Crippen LogP contribution in [0.25, 0.3) is 0 Å². The SMILES string of the molecule is C=CC1=C(/C=C\CC)C(=O)Nc2ccccc2S1. The van der Waals surface area contributed by atoms with Gasteiger partial charge in [0.1, 0.15) is 0 Å². The number of amides is 1. The fourth-order valence-corrected chi connectivity index (χ4v) is 2.65. The monoisotopic (exact) mass is 257 g/mol. The molecule has 0 saturated heterocycles. The molecule has 1 aliphatic rings. The van der Waals surface area contributed by atoms with Crippen LogP contribution in [0.4, 0.5) is 5.69 Å². The van der Waals surface area contributed by atoms with E-state index in [1.54, 1.807) is 17.8 Å². The summed E-state index contributed by atoms with van der Waals surface area (Å²) in [7, 11) is 0. The van der Waals surface area contributed by atoms with Gasteiger partial charge >= 0.3 is 0 Å². The van der Waals surface area contributed by atoms with Crippen LogP contribution in [0.15, 0.2) is 64.4 Å². The van der Waals surface area contributed by atoms with Gasteiger partial charge in [-0.05, 0) is 18.6 Å². The molecule has 0 aliphatic carbocycles. The highest BCUT2D eigenvalue weighted by atomic mass is 32.2. The molecule has 18 heavy (non-hydrogen) atoms. The maximum absolute atomic E-state index is 12.2. The van der Waals surface area contributed by atoms with Crippen LogP contribution in [0.1, 0.15) is 13.3 Å². The topological polar surface area (TPSA) is 29.1 Å². The van der Waals surface area contributed by atoms with Gasteiger partial charge in [-0.1, -0.05) is 55.6 Å². The van der Waals surface area contributed by atoms with Crippen molar-refractivity contribution in [3.05, 3.63) is 59.6 Å². The van der Waals surface area contributed by atoms with Crippen molar-refractivity contribution in [2.24, 2.45) is 0 Å². The first-order valence-corrected chi connectivity index (χ1v) is 6.69. The largest absolute Gasteiger partial charge is 0.321 e. The third kappa shape index (κ3) is 2.57. The average Bonchev–Trinajstić information content (AvgIpc) is 2.52. The molecule has 1 amide bonds. The first-order valence-electron chi connectivity index (χ1n) is 5.87. The molecule has 92 valence electrons. The van der Waals surface area contributed by atoms with Crippen LogP contribution in [0.5, 0.6) is 0 Å². The predicted molar refractivity (Wildman–Crippen MR) is 77.6 cm³/mol. The Morgan fingerprint density at radius 3 is 2.89 bits per heavy atom. The number of hydrogen-bond donors (Lipinski definition) is 1. The highest BCUT2D eigenvalue weighted by Crippen LogP contribution is 2.38. The molecular weight excluding hydrogens is 242 g/mol. The van der Waals surface area contributed by atoms with Crippen molar-refractivity contribution in [2.75, 3.05) is 5.32 Å². The number of fused-ring (bicyclic) bond motifs is 1. The Balaban J connectivity index is 2.47. The highest BCUT2D eigenvalue weighted by Gasteiger charge is 2.18. The number of nitrogens with one attached hydrogen (secondary N) is 1. The number of carbonyl (C=O) groups excluding carboxylic acids is 1. The standard InChI is InChI=1S/C15H15NOS/c1-3-5-8-11-13(4-2)18-14-10-7-6-9-12(14)16-15(11)17/h4-10H,2-3H2,1H3,(H,16,17)/b8-5-. The molecule has 2 rings (SSSR count). The lowest BCUT2D eigenvalue weighted by Crippen LogP contribution is -2.13. The summed E-state index contributed by atoms with van der Waals surface area (Å²) in [5.74, 6) is -0.0768. The van der Waals surface area contributed by atoms with Gasteiger partial charge in [-0.3, -0.25) is 4.79 Å². The zero-order valence-corrected chi connectivity index (χ0v) is 11.1. The highest BCUT2D eigenvalue weighted by molar-refractivity contribution is 8.03. The van der Waals surface area contributed by atoms with E-state index >= 15 is 0 Å². The van der Waals surface area contributed by atoms with Crippen LogP contribution in [0, 0.1) is 0 Å². The Labute approximate surface area is 111 Å². The zero-order valence-electron chi connectivity index (χ0n) is 10.3. The maximum atomic E-state index is 12.2. The molecule has 0 radical (unpaired) electrons. The summed E-state index contributed by atoms with van der Waals surface area (Å²) in [6, 6.07) is 7.79. The van der Waals surface area contributed by atoms with Gasteiger partial charge in [0.25, 0.3) is 5.91 Å². The van der Waals surface area contributed by atoms with Crippen LogP contribution in [-0.2, 0) is 4.79 Å². The summed E-state index contributed by atoms with van der Waals surface area (Å²) in [5.41, 5.74) is 1.53. The summed E-state index contributed by atoms with van der Waals surface area (Å²) in [6.45, 7) is 5.84. The Hall–Kier alpha value is -1.74. The van der Waals surface area contributed by atoms with Gasteiger partial charge in [-0.15, -0.1) is 0 Å². The van der Waals surface area contributed by atoms with Crippen molar-refractivity contribution in [3.63, 3.8) is 0 Å². The van der Waals surface area contributed by atoms with E-state index in [0.29, 0.717) is 5.57 Å². The number of hydrogen-bond acceptors (Lipinski definition) is 2. The lowest BCUT2D eigenvalue weighted by atomic mass is 10.2. The van der Waals surface area contributed by atoms with Crippen LogP contribution in [-0.4, -0.2) is 5.91 Å². The summed E-state index contributed by atoms with van der Waals surface area (Å²) in [5, 5.41) is 2.93. The molecule has 3 heteroatoms. The fourth-order valence-electron chi connectivity index (χ4n) is 1.68. The van der Waals surface area contributed by atoms with Gasteiger partial charge in [-0.2, -0.15) is 0 Å². The van der Waals surface area contributed by atoms with Crippen LogP contribution < -0.4 is 5.32 Å². The lowest BCUT2D eigenvalue weighted by Gasteiger charge is -2.04. The van der Waals surface area contributed by atoms with Crippen molar-refractivity contribution < 1.29 is 4.79 Å². The van der Waals surface area contributed by atoms with Crippen LogP contribution in [0.3, 0.4) is 0 Å². The Morgan fingerprint density at radius 1 is 1.39 bits per heavy atom. The number of para-hydroxylation sites is 1. The van der Waals surface area contributed by atoms with Gasteiger partial charge in [-0.25, -0.2) is 0 Å². The van der Waals surface area contributed by atoms with E-state index in [1.807, 2.05) is 43.3 Å². The molecule has 0 fully saturated rings. The van der Waals surface area contributed by atoms with E-state index in [0.717, 1.165) is 21.9 Å². The Kier molecular flexibility index (Phi) is 4.05. The third-order valence-electron chi connectivity index (χ3n) is 2.57. The van der Waals surface area contributed by atoms with Crippen LogP contribution in [0.2, 0.25) is 0 Å². The predicted octanol–water partition coefficient (Wildman–Crippen LogP) is 4.14. The van der Waals surface area contributed by atoms with E-state index in [-0.39, 0.29) is 5.91 Å². The number of carbonyl (C=O) groups is 1. The Morgan fingerprint density at radius 2 is 2.17 bits per heavy atom. The molecular formula is C15H15NOS. The van der Waals surface area contributed by atoms with Crippen molar-refractivity contribution in [2.45, 2.75) is 18.2 Å². The number of allylic oxidation sites excluding steroid dienone is 2. The molecule has 0 bridgehead atoms. The third-order valence-corrected chi connectivity index (χ3v) is 3.75. The number of benzene rings is 1. The zero-order chi connectivity index (χ0) is 13.0. The van der Waals surface area contributed by atoms with Gasteiger partial charge in [0, 0.05) is 9.80 Å². The summed E-state index contributed by atoms with van der Waals surface area (Å²) in [4.78, 5) is 14.1. The minimum absolute atomic E-state index is 0.0768. The molecule has 0 spiro atoms. The first-order chi connectivity index (χ1) is 8.76. The minimum atomic E-state index is -0.0768. The average molecular weight is 257 g/mol. The van der Waals surface area contributed by atoms with Crippen molar-refractivity contribution in [1.29, 1.82) is 0 Å². The molecule has 1 heterocycles. The smallest absolute Gasteiger partial charge is 0.256 e. The second kappa shape index (κ2) is 5.74. The molecule has 0 unspecified atom stereocenters. The normalized spacial score (nSPS) is 15.3. The number of rotatable bonds is 3. The summed E-state index contributed by atoms with van der Waals surface area (Å²) < 4.78 is 0. The summed E-state index contributed by atoms with van der Waals surface area (Å²) in [6.07, 6.45) is 6.49. The second-order valence-electron chi connectivity index (χ2n) is 3.85. The molecule has 1 aliphatic heterocycles. The van der Waals surface area contributed by atoms with Crippen molar-refractivity contribution >= 4 is 23.4 Å². The molecule has 2 nitrogen and oxygen atoms in total. The van der Waals surface area contributed by atoms with Gasteiger partial charge < -0.3 is 5.32 Å². The van der Waals surface area contributed by atoms with E-state index in [1.165, 1.54) is 0 Å². The molecule has 1 aromatic rings.